The highest BCUT2D eigenvalue weighted by molar-refractivity contribution is 5.85. The number of hydrogen-bond acceptors (Lipinski definition) is 4. The van der Waals surface area contributed by atoms with Gasteiger partial charge in [-0.2, -0.15) is 0 Å². The van der Waals surface area contributed by atoms with Crippen molar-refractivity contribution in [2.75, 3.05) is 26.7 Å². The van der Waals surface area contributed by atoms with Crippen molar-refractivity contribution < 1.29 is 14.3 Å². The van der Waals surface area contributed by atoms with Gasteiger partial charge in [0.2, 0.25) is 5.91 Å². The first-order valence-electron chi connectivity index (χ1n) is 4.58. The quantitative estimate of drug-likeness (QED) is 0.591. The van der Waals surface area contributed by atoms with Crippen LogP contribution in [0.25, 0.3) is 0 Å². The lowest BCUT2D eigenvalue weighted by molar-refractivity contribution is -0.153. The molecule has 0 aromatic rings. The highest BCUT2D eigenvalue weighted by Crippen LogP contribution is 2.06. The largest absolute Gasteiger partial charge is 0.467 e. The highest BCUT2D eigenvalue weighted by atomic mass is 16.5. The SMILES string of the molecule is [CH2]CC(=O)N1CCNCC1C(=O)OC. The molecule has 0 aromatic carbocycles. The van der Waals surface area contributed by atoms with Gasteiger partial charge in [0.25, 0.3) is 0 Å². The summed E-state index contributed by atoms with van der Waals surface area (Å²) in [6, 6.07) is -0.497. The lowest BCUT2D eigenvalue weighted by Crippen LogP contribution is -2.57. The van der Waals surface area contributed by atoms with Gasteiger partial charge in [-0.25, -0.2) is 4.79 Å². The van der Waals surface area contributed by atoms with Crippen molar-refractivity contribution in [1.29, 1.82) is 0 Å². The number of ether oxygens (including phenoxy) is 1. The summed E-state index contributed by atoms with van der Waals surface area (Å²) in [5, 5.41) is 3.04. The maximum absolute atomic E-state index is 11.4. The topological polar surface area (TPSA) is 58.6 Å². The van der Waals surface area contributed by atoms with Crippen LogP contribution in [0.1, 0.15) is 6.42 Å². The Hall–Kier alpha value is -1.10. The van der Waals surface area contributed by atoms with Gasteiger partial charge in [0.15, 0.2) is 0 Å². The maximum Gasteiger partial charge on any atom is 0.329 e. The Morgan fingerprint density at radius 2 is 2.36 bits per heavy atom. The Labute approximate surface area is 83.4 Å². The standard InChI is InChI=1S/C9H15N2O3/c1-3-8(12)11-5-4-10-6-7(11)9(13)14-2/h7,10H,1,3-6H2,2H3. The van der Waals surface area contributed by atoms with Crippen LogP contribution < -0.4 is 5.32 Å². The molecule has 1 heterocycles. The van der Waals surface area contributed by atoms with Crippen molar-refractivity contribution in [1.82, 2.24) is 10.2 Å². The molecule has 1 fully saturated rings. The summed E-state index contributed by atoms with van der Waals surface area (Å²) in [6.07, 6.45) is 0.174. The summed E-state index contributed by atoms with van der Waals surface area (Å²) < 4.78 is 4.62. The number of carbonyl (C=O) groups is 2. The van der Waals surface area contributed by atoms with Crippen molar-refractivity contribution in [2.45, 2.75) is 12.5 Å². The summed E-state index contributed by atoms with van der Waals surface area (Å²) >= 11 is 0. The predicted molar refractivity (Wildman–Crippen MR) is 50.4 cm³/mol. The van der Waals surface area contributed by atoms with Crippen molar-refractivity contribution in [3.05, 3.63) is 6.92 Å². The van der Waals surface area contributed by atoms with Crippen LogP contribution in [-0.4, -0.2) is 49.6 Å². The molecule has 0 aliphatic carbocycles. The fourth-order valence-electron chi connectivity index (χ4n) is 1.49. The van der Waals surface area contributed by atoms with E-state index in [2.05, 4.69) is 17.0 Å². The van der Waals surface area contributed by atoms with Crippen LogP contribution in [0.4, 0.5) is 0 Å². The molecule has 79 valence electrons. The lowest BCUT2D eigenvalue weighted by atomic mass is 10.2. The summed E-state index contributed by atoms with van der Waals surface area (Å²) in [6.45, 7) is 5.22. The number of rotatable bonds is 2. The summed E-state index contributed by atoms with van der Waals surface area (Å²) in [7, 11) is 1.32. The van der Waals surface area contributed by atoms with Crippen LogP contribution in [0.2, 0.25) is 0 Å². The van der Waals surface area contributed by atoms with Gasteiger partial charge in [0, 0.05) is 26.1 Å². The van der Waals surface area contributed by atoms with Crippen molar-refractivity contribution in [2.24, 2.45) is 0 Å². The van der Waals surface area contributed by atoms with E-state index in [9.17, 15) is 9.59 Å². The molecule has 1 saturated heterocycles. The number of piperazine rings is 1. The minimum Gasteiger partial charge on any atom is -0.467 e. The van der Waals surface area contributed by atoms with E-state index in [0.717, 1.165) is 0 Å². The fraction of sp³-hybridized carbons (Fsp3) is 0.667. The van der Waals surface area contributed by atoms with Gasteiger partial charge in [-0.1, -0.05) is 0 Å². The molecule has 0 saturated carbocycles. The Morgan fingerprint density at radius 1 is 1.64 bits per heavy atom. The van der Waals surface area contributed by atoms with E-state index < -0.39 is 6.04 Å². The number of methoxy groups -OCH3 is 1. The van der Waals surface area contributed by atoms with Crippen LogP contribution in [0, 0.1) is 6.92 Å². The smallest absolute Gasteiger partial charge is 0.329 e. The van der Waals surface area contributed by atoms with Crippen molar-refractivity contribution in [3.63, 3.8) is 0 Å². The van der Waals surface area contributed by atoms with Gasteiger partial charge < -0.3 is 15.0 Å². The third-order valence-corrected chi connectivity index (χ3v) is 2.25. The first kappa shape index (κ1) is 11.0. The molecule has 0 aromatic heterocycles. The normalized spacial score (nSPS) is 21.9. The third kappa shape index (κ3) is 2.23. The van der Waals surface area contributed by atoms with Gasteiger partial charge in [0.05, 0.1) is 7.11 Å². The second kappa shape index (κ2) is 4.95. The van der Waals surface area contributed by atoms with E-state index in [1.807, 2.05) is 0 Å². The zero-order chi connectivity index (χ0) is 10.6. The Bertz CT molecular complexity index is 206. The molecule has 5 heteroatoms. The first-order chi connectivity index (χ1) is 6.70. The molecule has 1 unspecified atom stereocenters. The van der Waals surface area contributed by atoms with E-state index >= 15 is 0 Å². The average Bonchev–Trinajstić information content (AvgIpc) is 2.27. The number of amides is 1. The third-order valence-electron chi connectivity index (χ3n) is 2.25. The molecular formula is C9H15N2O3. The van der Waals surface area contributed by atoms with E-state index in [4.69, 9.17) is 0 Å². The van der Waals surface area contributed by atoms with Crippen molar-refractivity contribution >= 4 is 11.9 Å². The van der Waals surface area contributed by atoms with E-state index in [-0.39, 0.29) is 18.3 Å². The Balaban J connectivity index is 2.68. The Morgan fingerprint density at radius 3 is 2.93 bits per heavy atom. The van der Waals surface area contributed by atoms with Gasteiger partial charge >= 0.3 is 5.97 Å². The summed E-state index contributed by atoms with van der Waals surface area (Å²) in [5.41, 5.74) is 0. The summed E-state index contributed by atoms with van der Waals surface area (Å²) in [4.78, 5) is 24.3. The molecule has 1 rings (SSSR count). The lowest BCUT2D eigenvalue weighted by Gasteiger charge is -2.34. The molecule has 1 N–H and O–H groups in total. The van der Waals surface area contributed by atoms with E-state index in [1.165, 1.54) is 12.0 Å². The van der Waals surface area contributed by atoms with Gasteiger partial charge in [-0.15, -0.1) is 0 Å². The molecular weight excluding hydrogens is 184 g/mol. The van der Waals surface area contributed by atoms with Crippen LogP contribution in [0.5, 0.6) is 0 Å². The molecule has 5 nitrogen and oxygen atoms in total. The Kier molecular flexibility index (Phi) is 3.88. The van der Waals surface area contributed by atoms with E-state index in [0.29, 0.717) is 19.6 Å². The van der Waals surface area contributed by atoms with Crippen molar-refractivity contribution in [3.8, 4) is 0 Å². The number of nitrogens with one attached hydrogen (secondary N) is 1. The maximum atomic E-state index is 11.4. The van der Waals surface area contributed by atoms with Gasteiger partial charge in [-0.3, -0.25) is 4.79 Å². The van der Waals surface area contributed by atoms with E-state index in [1.54, 1.807) is 0 Å². The zero-order valence-corrected chi connectivity index (χ0v) is 8.28. The van der Waals surface area contributed by atoms with Crippen LogP contribution in [-0.2, 0) is 14.3 Å². The second-order valence-corrected chi connectivity index (χ2v) is 3.08. The minimum atomic E-state index is -0.497. The number of hydrogen-bond donors (Lipinski definition) is 1. The predicted octanol–water partition coefficient (Wildman–Crippen LogP) is -0.816. The minimum absolute atomic E-state index is 0.109. The number of carbonyl (C=O) groups excluding carboxylic acids is 2. The fourth-order valence-corrected chi connectivity index (χ4v) is 1.49. The molecule has 1 amide bonds. The summed E-state index contributed by atoms with van der Waals surface area (Å²) in [5.74, 6) is -0.485. The molecule has 0 spiro atoms. The number of esters is 1. The second-order valence-electron chi connectivity index (χ2n) is 3.08. The van der Waals surface area contributed by atoms with Crippen LogP contribution >= 0.6 is 0 Å². The average molecular weight is 199 g/mol. The first-order valence-corrected chi connectivity index (χ1v) is 4.58. The van der Waals surface area contributed by atoms with Crippen LogP contribution in [0.3, 0.4) is 0 Å². The molecule has 0 bridgehead atoms. The molecule has 1 radical (unpaired) electrons. The molecule has 1 aliphatic heterocycles. The zero-order valence-electron chi connectivity index (χ0n) is 8.28. The van der Waals surface area contributed by atoms with Gasteiger partial charge in [-0.05, 0) is 6.92 Å². The number of nitrogens with zero attached hydrogens (tertiary/aromatic N) is 1. The highest BCUT2D eigenvalue weighted by Gasteiger charge is 2.31. The van der Waals surface area contributed by atoms with Crippen LogP contribution in [0.15, 0.2) is 0 Å². The molecule has 1 aliphatic rings. The molecule has 1 atom stereocenters. The monoisotopic (exact) mass is 199 g/mol. The molecule has 14 heavy (non-hydrogen) atoms. The van der Waals surface area contributed by atoms with Gasteiger partial charge in [0.1, 0.15) is 6.04 Å².